The van der Waals surface area contributed by atoms with E-state index in [0.717, 1.165) is 35.3 Å². The minimum absolute atomic E-state index is 0.0958. The van der Waals surface area contributed by atoms with Crippen molar-refractivity contribution in [2.24, 2.45) is 5.92 Å². The zero-order chi connectivity index (χ0) is 20.1. The number of nitrogens with one attached hydrogen (secondary N) is 2. The van der Waals surface area contributed by atoms with Gasteiger partial charge in [0, 0.05) is 11.4 Å². The van der Waals surface area contributed by atoms with E-state index in [1.165, 1.54) is 23.5 Å². The van der Waals surface area contributed by atoms with E-state index in [1.54, 1.807) is 19.1 Å². The summed E-state index contributed by atoms with van der Waals surface area (Å²) in [7, 11) is 0. The third-order valence-corrected chi connectivity index (χ3v) is 5.94. The van der Waals surface area contributed by atoms with Gasteiger partial charge in [-0.25, -0.2) is 9.18 Å². The van der Waals surface area contributed by atoms with Gasteiger partial charge in [-0.05, 0) is 55.4 Å². The van der Waals surface area contributed by atoms with Crippen molar-refractivity contribution in [2.45, 2.75) is 39.7 Å². The SMILES string of the molecule is CCOC(=O)c1c(NC(=O)CNCc2ccc(F)cc2)sc2c1CCC(C)C2. The molecule has 28 heavy (non-hydrogen) atoms. The van der Waals surface area contributed by atoms with E-state index >= 15 is 0 Å². The Balaban J connectivity index is 1.66. The minimum Gasteiger partial charge on any atom is -0.462 e. The molecule has 0 bridgehead atoms. The maximum absolute atomic E-state index is 12.9. The molecule has 3 rings (SSSR count). The fourth-order valence-corrected chi connectivity index (χ4v) is 4.77. The van der Waals surface area contributed by atoms with Crippen LogP contribution in [0, 0.1) is 11.7 Å². The first-order chi connectivity index (χ1) is 13.5. The summed E-state index contributed by atoms with van der Waals surface area (Å²) in [6, 6.07) is 6.13. The highest BCUT2D eigenvalue weighted by molar-refractivity contribution is 7.17. The fraction of sp³-hybridized carbons (Fsp3) is 0.429. The van der Waals surface area contributed by atoms with Gasteiger partial charge in [-0.3, -0.25) is 4.79 Å². The molecule has 0 spiro atoms. The van der Waals surface area contributed by atoms with Crippen LogP contribution in [0.15, 0.2) is 24.3 Å². The molecule has 0 saturated heterocycles. The van der Waals surface area contributed by atoms with Crippen LogP contribution in [-0.2, 0) is 28.9 Å². The summed E-state index contributed by atoms with van der Waals surface area (Å²) in [5, 5.41) is 6.49. The molecule has 1 atom stereocenters. The lowest BCUT2D eigenvalue weighted by Gasteiger charge is -2.18. The molecule has 150 valence electrons. The quantitative estimate of drug-likeness (QED) is 0.687. The number of benzene rings is 1. The zero-order valence-electron chi connectivity index (χ0n) is 16.1. The Bertz CT molecular complexity index is 848. The minimum atomic E-state index is -0.371. The molecule has 7 heteroatoms. The molecular weight excluding hydrogens is 379 g/mol. The summed E-state index contributed by atoms with van der Waals surface area (Å²) in [6.45, 7) is 4.82. The molecule has 1 aromatic carbocycles. The molecule has 1 heterocycles. The highest BCUT2D eigenvalue weighted by Crippen LogP contribution is 2.40. The third-order valence-electron chi connectivity index (χ3n) is 4.77. The highest BCUT2D eigenvalue weighted by Gasteiger charge is 2.29. The summed E-state index contributed by atoms with van der Waals surface area (Å²) < 4.78 is 18.2. The lowest BCUT2D eigenvalue weighted by atomic mass is 9.88. The second kappa shape index (κ2) is 9.30. The number of fused-ring (bicyclic) bond motifs is 1. The Morgan fingerprint density at radius 2 is 2.04 bits per heavy atom. The number of esters is 1. The predicted molar refractivity (Wildman–Crippen MR) is 108 cm³/mol. The average Bonchev–Trinajstić information content (AvgIpc) is 3.00. The third kappa shape index (κ3) is 4.97. The molecule has 0 radical (unpaired) electrons. The Morgan fingerprint density at radius 1 is 1.29 bits per heavy atom. The van der Waals surface area contributed by atoms with Crippen molar-refractivity contribution in [1.29, 1.82) is 0 Å². The molecule has 5 nitrogen and oxygen atoms in total. The van der Waals surface area contributed by atoms with Crippen molar-refractivity contribution in [1.82, 2.24) is 5.32 Å². The molecule has 1 unspecified atom stereocenters. The Kier molecular flexibility index (Phi) is 6.80. The number of thiophene rings is 1. The molecule has 0 saturated carbocycles. The Hall–Kier alpha value is -2.25. The van der Waals surface area contributed by atoms with Gasteiger partial charge in [0.25, 0.3) is 0 Å². The van der Waals surface area contributed by atoms with E-state index in [-0.39, 0.29) is 24.2 Å². The van der Waals surface area contributed by atoms with Crippen LogP contribution in [0.25, 0.3) is 0 Å². The topological polar surface area (TPSA) is 67.4 Å². The maximum atomic E-state index is 12.9. The van der Waals surface area contributed by atoms with E-state index in [9.17, 15) is 14.0 Å². The number of carbonyl (C=O) groups excluding carboxylic acids is 2. The monoisotopic (exact) mass is 404 g/mol. The lowest BCUT2D eigenvalue weighted by Crippen LogP contribution is -2.28. The van der Waals surface area contributed by atoms with Crippen molar-refractivity contribution < 1.29 is 18.7 Å². The van der Waals surface area contributed by atoms with Crippen molar-refractivity contribution in [2.75, 3.05) is 18.5 Å². The summed E-state index contributed by atoms with van der Waals surface area (Å²) >= 11 is 1.48. The van der Waals surface area contributed by atoms with E-state index in [0.29, 0.717) is 29.6 Å². The van der Waals surface area contributed by atoms with Gasteiger partial charge in [0.15, 0.2) is 0 Å². The van der Waals surface area contributed by atoms with Gasteiger partial charge in [0.05, 0.1) is 18.7 Å². The molecular formula is C21H25FN2O3S. The number of amides is 1. The summed E-state index contributed by atoms with van der Waals surface area (Å²) in [6.07, 6.45) is 2.79. The number of anilines is 1. The van der Waals surface area contributed by atoms with Crippen LogP contribution in [0.2, 0.25) is 0 Å². The number of rotatable bonds is 7. The van der Waals surface area contributed by atoms with Crippen LogP contribution in [0.5, 0.6) is 0 Å². The van der Waals surface area contributed by atoms with Gasteiger partial charge in [-0.15, -0.1) is 11.3 Å². The smallest absolute Gasteiger partial charge is 0.341 e. The highest BCUT2D eigenvalue weighted by atomic mass is 32.1. The fourth-order valence-electron chi connectivity index (χ4n) is 3.35. The summed E-state index contributed by atoms with van der Waals surface area (Å²) in [4.78, 5) is 26.0. The number of hydrogen-bond donors (Lipinski definition) is 2. The molecule has 1 amide bonds. The summed E-state index contributed by atoms with van der Waals surface area (Å²) in [5.74, 6) is -0.311. The van der Waals surface area contributed by atoms with Crippen LogP contribution in [0.1, 0.15) is 46.6 Å². The normalized spacial score (nSPS) is 15.8. The van der Waals surface area contributed by atoms with Gasteiger partial charge in [0.1, 0.15) is 10.8 Å². The van der Waals surface area contributed by atoms with Gasteiger partial charge < -0.3 is 15.4 Å². The van der Waals surface area contributed by atoms with Crippen LogP contribution in [-0.4, -0.2) is 25.0 Å². The average molecular weight is 405 g/mol. The molecule has 0 aliphatic heterocycles. The van der Waals surface area contributed by atoms with Crippen molar-refractivity contribution >= 4 is 28.2 Å². The molecule has 0 fully saturated rings. The van der Waals surface area contributed by atoms with E-state index in [4.69, 9.17) is 4.74 Å². The van der Waals surface area contributed by atoms with Gasteiger partial charge >= 0.3 is 5.97 Å². The molecule has 1 aromatic heterocycles. The van der Waals surface area contributed by atoms with E-state index in [1.807, 2.05) is 0 Å². The van der Waals surface area contributed by atoms with Crippen molar-refractivity contribution in [3.05, 3.63) is 51.7 Å². The number of ether oxygens (including phenoxy) is 1. The molecule has 1 aliphatic rings. The second-order valence-corrected chi connectivity index (χ2v) is 8.16. The number of carbonyl (C=O) groups is 2. The first-order valence-corrected chi connectivity index (χ1v) is 10.4. The summed E-state index contributed by atoms with van der Waals surface area (Å²) in [5.41, 5.74) is 2.43. The van der Waals surface area contributed by atoms with Crippen LogP contribution >= 0.6 is 11.3 Å². The largest absolute Gasteiger partial charge is 0.462 e. The van der Waals surface area contributed by atoms with Crippen molar-refractivity contribution in [3.63, 3.8) is 0 Å². The van der Waals surface area contributed by atoms with Gasteiger partial charge in [0.2, 0.25) is 5.91 Å². The van der Waals surface area contributed by atoms with E-state index in [2.05, 4.69) is 17.6 Å². The second-order valence-electron chi connectivity index (χ2n) is 7.05. The van der Waals surface area contributed by atoms with Crippen LogP contribution < -0.4 is 10.6 Å². The predicted octanol–water partition coefficient (Wildman–Crippen LogP) is 3.92. The van der Waals surface area contributed by atoms with Crippen molar-refractivity contribution in [3.8, 4) is 0 Å². The van der Waals surface area contributed by atoms with Crippen LogP contribution in [0.4, 0.5) is 9.39 Å². The standard InChI is InChI=1S/C21H25FN2O3S/c1-3-27-21(26)19-16-9-4-13(2)10-17(16)28-20(19)24-18(25)12-23-11-14-5-7-15(22)8-6-14/h5-8,13,23H,3-4,9-12H2,1-2H3,(H,24,25). The van der Waals surface area contributed by atoms with Crippen LogP contribution in [0.3, 0.4) is 0 Å². The van der Waals surface area contributed by atoms with E-state index < -0.39 is 0 Å². The Labute approximate surface area is 168 Å². The number of halogens is 1. The van der Waals surface area contributed by atoms with Gasteiger partial charge in [-0.1, -0.05) is 19.1 Å². The molecule has 1 aliphatic carbocycles. The van der Waals surface area contributed by atoms with Gasteiger partial charge in [-0.2, -0.15) is 0 Å². The first kappa shape index (κ1) is 20.5. The maximum Gasteiger partial charge on any atom is 0.341 e. The number of hydrogen-bond acceptors (Lipinski definition) is 5. The zero-order valence-corrected chi connectivity index (χ0v) is 17.0. The lowest BCUT2D eigenvalue weighted by molar-refractivity contribution is -0.115. The molecule has 2 aromatic rings. The molecule has 2 N–H and O–H groups in total. The Morgan fingerprint density at radius 3 is 2.75 bits per heavy atom. The first-order valence-electron chi connectivity index (χ1n) is 9.54.